The van der Waals surface area contributed by atoms with Crippen LogP contribution >= 0.6 is 0 Å². The second kappa shape index (κ2) is 20.0. The predicted octanol–water partition coefficient (Wildman–Crippen LogP) is 11.1. The van der Waals surface area contributed by atoms with Gasteiger partial charge in [0.25, 0.3) is 0 Å². The molecule has 0 N–H and O–H groups in total. The minimum atomic E-state index is -3.12. The molecule has 2 radical (unpaired) electrons. The Balaban J connectivity index is 1.31. The van der Waals surface area contributed by atoms with Crippen LogP contribution in [0.5, 0.6) is 11.5 Å². The van der Waals surface area contributed by atoms with E-state index >= 15 is 0 Å². The maximum atomic E-state index is 14.9. The first kappa shape index (κ1) is 37.9. The average Bonchev–Trinajstić information content (AvgIpc) is 3.40. The molecule has 0 spiro atoms. The van der Waals surface area contributed by atoms with Crippen LogP contribution in [0, 0.1) is 5.92 Å². The van der Waals surface area contributed by atoms with Gasteiger partial charge in [-0.25, -0.2) is 15.0 Å². The van der Waals surface area contributed by atoms with E-state index in [1.807, 2.05) is 30.3 Å². The van der Waals surface area contributed by atoms with Crippen molar-refractivity contribution < 1.29 is 18.3 Å². The number of halogens is 2. The van der Waals surface area contributed by atoms with Crippen molar-refractivity contribution >= 4 is 14.7 Å². The molecule has 3 aromatic rings. The van der Waals surface area contributed by atoms with Gasteiger partial charge in [0.2, 0.25) is 0 Å². The molecule has 2 aromatic heterocycles. The zero-order valence-corrected chi connectivity index (χ0v) is 30.8. The summed E-state index contributed by atoms with van der Waals surface area (Å²) in [4.78, 5) is 13.4. The summed E-state index contributed by atoms with van der Waals surface area (Å²) in [7, 11) is 0.352. The van der Waals surface area contributed by atoms with Gasteiger partial charge in [0.15, 0.2) is 18.1 Å². The number of rotatable bonds is 23. The summed E-state index contributed by atoms with van der Waals surface area (Å²) in [5.74, 6) is -0.863. The number of hydrogen-bond donors (Lipinski definition) is 0. The van der Waals surface area contributed by atoms with E-state index in [1.165, 1.54) is 83.5 Å². The van der Waals surface area contributed by atoms with Crippen LogP contribution in [0.4, 0.5) is 8.78 Å². The van der Waals surface area contributed by atoms with Crippen LogP contribution in [0.2, 0.25) is 5.54 Å². The van der Waals surface area contributed by atoms with Gasteiger partial charge in [0, 0.05) is 18.0 Å². The number of alkyl halides is 2. The van der Waals surface area contributed by atoms with Gasteiger partial charge in [0.1, 0.15) is 17.2 Å². The van der Waals surface area contributed by atoms with Crippen molar-refractivity contribution in [2.24, 2.45) is 5.92 Å². The zero-order chi connectivity index (χ0) is 34.2. The van der Waals surface area contributed by atoms with E-state index in [9.17, 15) is 8.78 Å². The normalized spacial score (nSPS) is 14.8. The fraction of sp³-hybridized carbons (Fsp3) is 0.625. The Morgan fingerprint density at radius 1 is 0.792 bits per heavy atom. The number of aromatic nitrogens is 3. The molecule has 2 unspecified atom stereocenters. The van der Waals surface area contributed by atoms with Gasteiger partial charge in [-0.3, -0.25) is 0 Å². The van der Waals surface area contributed by atoms with Crippen molar-refractivity contribution in [3.63, 3.8) is 0 Å². The van der Waals surface area contributed by atoms with Crippen molar-refractivity contribution in [3.8, 4) is 34.1 Å². The molecule has 48 heavy (non-hydrogen) atoms. The highest BCUT2D eigenvalue weighted by Gasteiger charge is 2.45. The average molecular weight is 678 g/mol. The molecule has 1 aromatic carbocycles. The van der Waals surface area contributed by atoms with Gasteiger partial charge >= 0.3 is 5.92 Å². The minimum absolute atomic E-state index is 0.251. The summed E-state index contributed by atoms with van der Waals surface area (Å²) in [5, 5.41) is 0.796. The molecule has 0 amide bonds. The van der Waals surface area contributed by atoms with Crippen molar-refractivity contribution in [3.05, 3.63) is 48.4 Å². The predicted molar refractivity (Wildman–Crippen MR) is 195 cm³/mol. The molecular weight excluding hydrogens is 621 g/mol. The van der Waals surface area contributed by atoms with Crippen molar-refractivity contribution in [1.82, 2.24) is 15.0 Å². The van der Waals surface area contributed by atoms with Crippen LogP contribution in [0.15, 0.2) is 42.7 Å². The van der Waals surface area contributed by atoms with E-state index in [4.69, 9.17) is 9.47 Å². The number of unbranched alkanes of at least 4 members (excludes halogenated alkanes) is 10. The van der Waals surface area contributed by atoms with Crippen LogP contribution in [-0.4, -0.2) is 37.7 Å². The highest BCUT2D eigenvalue weighted by Crippen LogP contribution is 2.40. The second-order valence-corrected chi connectivity index (χ2v) is 15.6. The molecule has 0 bridgehead atoms. The lowest BCUT2D eigenvalue weighted by molar-refractivity contribution is -0.0243. The topological polar surface area (TPSA) is 57.1 Å². The number of fused-ring (bicyclic) bond motifs is 1. The molecule has 8 heteroatoms. The van der Waals surface area contributed by atoms with E-state index in [0.29, 0.717) is 26.6 Å². The fourth-order valence-corrected chi connectivity index (χ4v) is 7.75. The Hall–Kier alpha value is -2.87. The summed E-state index contributed by atoms with van der Waals surface area (Å²) in [6, 6.07) is 9.79. The third-order valence-corrected chi connectivity index (χ3v) is 10.8. The van der Waals surface area contributed by atoms with Gasteiger partial charge in [-0.05, 0) is 46.8 Å². The van der Waals surface area contributed by atoms with Gasteiger partial charge in [-0.2, -0.15) is 8.78 Å². The molecule has 1 aliphatic heterocycles. The largest absolute Gasteiger partial charge is 0.494 e. The summed E-state index contributed by atoms with van der Waals surface area (Å²) < 4.78 is 41.2. The van der Waals surface area contributed by atoms with E-state index in [1.54, 1.807) is 12.4 Å². The number of nitrogens with zero attached hydrogens (tertiary/aromatic N) is 3. The van der Waals surface area contributed by atoms with Gasteiger partial charge < -0.3 is 9.47 Å². The van der Waals surface area contributed by atoms with Crippen LogP contribution in [-0.2, 0) is 5.92 Å². The molecule has 0 saturated carbocycles. The standard InChI is InChI=1S/C40H57F2N3O2Si/c1-5-7-9-10-13-17-25-46-34-23-21-32(22-24-34)33-27-43-39(44-28-33)35-26-36(37-38(45-35)40(41,42)29-47-37)48-31(4)20-16-12-11-15-19-30(3)18-14-8-6-2/h21-24,26-28,30-31H,5-20,25,29H2,1-4H3. The maximum absolute atomic E-state index is 14.9. The Morgan fingerprint density at radius 3 is 2.10 bits per heavy atom. The molecule has 0 aliphatic carbocycles. The molecule has 3 heterocycles. The molecule has 5 nitrogen and oxygen atoms in total. The smallest absolute Gasteiger partial charge is 0.326 e. The molecule has 0 saturated heterocycles. The Kier molecular flexibility index (Phi) is 15.8. The van der Waals surface area contributed by atoms with Crippen molar-refractivity contribution in [2.45, 2.75) is 142 Å². The summed E-state index contributed by atoms with van der Waals surface area (Å²) in [6.07, 6.45) is 23.5. The summed E-state index contributed by atoms with van der Waals surface area (Å²) in [6.45, 7) is 9.15. The number of benzene rings is 1. The third kappa shape index (κ3) is 11.9. The number of ether oxygens (including phenoxy) is 2. The van der Waals surface area contributed by atoms with E-state index in [2.05, 4.69) is 42.6 Å². The Bertz CT molecular complexity index is 1350. The maximum Gasteiger partial charge on any atom is 0.326 e. The summed E-state index contributed by atoms with van der Waals surface area (Å²) in [5.41, 5.74) is 2.26. The van der Waals surface area contributed by atoms with E-state index in [-0.39, 0.29) is 11.4 Å². The monoisotopic (exact) mass is 677 g/mol. The summed E-state index contributed by atoms with van der Waals surface area (Å²) >= 11 is 0. The lowest BCUT2D eigenvalue weighted by atomic mass is 9.96. The van der Waals surface area contributed by atoms with Gasteiger partial charge in [-0.15, -0.1) is 0 Å². The van der Waals surface area contributed by atoms with Crippen molar-refractivity contribution in [1.29, 1.82) is 0 Å². The number of pyridine rings is 1. The van der Waals surface area contributed by atoms with Gasteiger partial charge in [0.05, 0.1) is 16.1 Å². The highest BCUT2D eigenvalue weighted by atomic mass is 28.2. The molecule has 262 valence electrons. The molecule has 1 aliphatic rings. The highest BCUT2D eigenvalue weighted by molar-refractivity contribution is 6.56. The Morgan fingerprint density at radius 2 is 1.40 bits per heavy atom. The first-order valence-corrected chi connectivity index (χ1v) is 19.8. The van der Waals surface area contributed by atoms with Crippen LogP contribution in [0.3, 0.4) is 0 Å². The molecule has 0 fully saturated rings. The fourth-order valence-electron chi connectivity index (χ4n) is 6.33. The van der Waals surface area contributed by atoms with Crippen LogP contribution in [0.1, 0.15) is 136 Å². The third-order valence-electron chi connectivity index (χ3n) is 9.34. The first-order valence-electron chi connectivity index (χ1n) is 18.7. The van der Waals surface area contributed by atoms with Crippen molar-refractivity contribution in [2.75, 3.05) is 13.2 Å². The van der Waals surface area contributed by atoms with Crippen LogP contribution in [0.25, 0.3) is 22.6 Å². The van der Waals surface area contributed by atoms with Crippen LogP contribution < -0.4 is 14.7 Å². The number of hydrogen-bond acceptors (Lipinski definition) is 5. The second-order valence-electron chi connectivity index (χ2n) is 13.8. The van der Waals surface area contributed by atoms with E-state index in [0.717, 1.165) is 53.9 Å². The molecule has 4 rings (SSSR count). The molecular formula is C40H57F2N3O2Si. The SMILES string of the molecule is CCCCCCCCOc1ccc(-c2cnc(-c3cc([Si]C(C)CCCCCCC(C)CCCCC)c4c(n3)C(F)(F)CO4)nc2)cc1. The molecule has 2 atom stereocenters. The lowest BCUT2D eigenvalue weighted by Crippen LogP contribution is -2.22. The Labute approximate surface area is 290 Å². The first-order chi connectivity index (χ1) is 23.3. The quantitative estimate of drug-likeness (QED) is 0.0738. The van der Waals surface area contributed by atoms with E-state index < -0.39 is 12.5 Å². The zero-order valence-electron chi connectivity index (χ0n) is 29.8. The van der Waals surface area contributed by atoms with Gasteiger partial charge in [-0.1, -0.05) is 136 Å². The lowest BCUT2D eigenvalue weighted by Gasteiger charge is -2.15. The minimum Gasteiger partial charge on any atom is -0.494 e.